The lowest BCUT2D eigenvalue weighted by molar-refractivity contribution is -0.147. The summed E-state index contributed by atoms with van der Waals surface area (Å²) in [6.07, 6.45) is 4.89. The predicted molar refractivity (Wildman–Crippen MR) is 113 cm³/mol. The summed E-state index contributed by atoms with van der Waals surface area (Å²) in [4.78, 5) is 40.8. The number of benzene rings is 1. The highest BCUT2D eigenvalue weighted by Gasteiger charge is 2.48. The number of aryl methyl sites for hydroxylation is 2. The van der Waals surface area contributed by atoms with Crippen LogP contribution in [-0.2, 0) is 24.4 Å². The Hall–Kier alpha value is -2.52. The minimum atomic E-state index is -3.65. The fourth-order valence-electron chi connectivity index (χ4n) is 4.56. The highest BCUT2D eigenvalue weighted by atomic mass is 32.2. The van der Waals surface area contributed by atoms with Crippen LogP contribution in [0.15, 0.2) is 35.2 Å². The second-order valence-electron chi connectivity index (χ2n) is 8.47. The summed E-state index contributed by atoms with van der Waals surface area (Å²) >= 11 is 0. The highest BCUT2D eigenvalue weighted by molar-refractivity contribution is 7.89. The minimum Gasteiger partial charge on any atom is -0.338 e. The fourth-order valence-corrected chi connectivity index (χ4v) is 6.29. The zero-order chi connectivity index (χ0) is 22.3. The van der Waals surface area contributed by atoms with Crippen molar-refractivity contribution in [3.05, 3.63) is 41.5 Å². The number of nitrogens with zero attached hydrogens (tertiary/aromatic N) is 3. The monoisotopic (exact) mass is 445 g/mol. The van der Waals surface area contributed by atoms with Gasteiger partial charge in [0.1, 0.15) is 6.54 Å². The van der Waals surface area contributed by atoms with Gasteiger partial charge in [-0.2, -0.15) is 4.31 Å². The Labute approximate surface area is 182 Å². The summed E-state index contributed by atoms with van der Waals surface area (Å²) < 4.78 is 27.5. The van der Waals surface area contributed by atoms with Crippen LogP contribution in [0.25, 0.3) is 0 Å². The zero-order valence-corrected chi connectivity index (χ0v) is 18.6. The summed E-state index contributed by atoms with van der Waals surface area (Å²) in [6, 6.07) is 5.33. The van der Waals surface area contributed by atoms with Crippen molar-refractivity contribution in [2.45, 2.75) is 31.6 Å². The van der Waals surface area contributed by atoms with E-state index in [-0.39, 0.29) is 67.2 Å². The van der Waals surface area contributed by atoms with Crippen LogP contribution in [0.1, 0.15) is 24.0 Å². The van der Waals surface area contributed by atoms with Gasteiger partial charge in [0.2, 0.25) is 27.7 Å². The van der Waals surface area contributed by atoms with Crippen molar-refractivity contribution in [1.82, 2.24) is 14.1 Å². The zero-order valence-electron chi connectivity index (χ0n) is 17.8. The van der Waals surface area contributed by atoms with E-state index >= 15 is 0 Å². The van der Waals surface area contributed by atoms with Crippen molar-refractivity contribution < 1.29 is 22.8 Å². The quantitative estimate of drug-likeness (QED) is 0.511. The van der Waals surface area contributed by atoms with Gasteiger partial charge in [-0.05, 0) is 43.9 Å². The van der Waals surface area contributed by atoms with Crippen molar-refractivity contribution in [1.29, 1.82) is 0 Å². The molecule has 2 atom stereocenters. The molecule has 31 heavy (non-hydrogen) atoms. The first kappa shape index (κ1) is 21.7. The van der Waals surface area contributed by atoms with Gasteiger partial charge in [0, 0.05) is 26.2 Å². The molecule has 0 radical (unpaired) electrons. The van der Waals surface area contributed by atoms with Crippen molar-refractivity contribution in [2.75, 3.05) is 32.7 Å². The number of hydrogen-bond donors (Lipinski definition) is 0. The third-order valence-electron chi connectivity index (χ3n) is 6.45. The molecule has 0 N–H and O–H groups in total. The van der Waals surface area contributed by atoms with Crippen LogP contribution in [-0.4, -0.2) is 73.0 Å². The van der Waals surface area contributed by atoms with Gasteiger partial charge in [-0.25, -0.2) is 8.42 Å². The van der Waals surface area contributed by atoms with Gasteiger partial charge < -0.3 is 4.90 Å². The molecule has 3 amide bonds. The molecule has 1 aliphatic carbocycles. The lowest BCUT2D eigenvalue weighted by atomic mass is 9.85. The molecule has 3 aliphatic rings. The third-order valence-corrected chi connectivity index (χ3v) is 8.49. The second kappa shape index (κ2) is 8.20. The van der Waals surface area contributed by atoms with E-state index in [2.05, 4.69) is 0 Å². The molecule has 166 valence electrons. The fraction of sp³-hybridized carbons (Fsp3) is 0.500. The van der Waals surface area contributed by atoms with Crippen LogP contribution >= 0.6 is 0 Å². The smallest absolute Gasteiger partial charge is 0.243 e. The van der Waals surface area contributed by atoms with Gasteiger partial charge >= 0.3 is 0 Å². The van der Waals surface area contributed by atoms with E-state index in [1.165, 1.54) is 9.21 Å². The van der Waals surface area contributed by atoms with E-state index in [0.717, 1.165) is 10.5 Å². The van der Waals surface area contributed by atoms with Crippen LogP contribution in [0, 0.1) is 25.7 Å². The maximum absolute atomic E-state index is 13.1. The molecule has 0 bridgehead atoms. The summed E-state index contributed by atoms with van der Waals surface area (Å²) in [5, 5.41) is 0. The van der Waals surface area contributed by atoms with Crippen LogP contribution in [0.2, 0.25) is 0 Å². The standard InChI is InChI=1S/C22H27N3O5S/c1-15-7-8-16(2)19(13-15)31(29,30)24-11-9-23(10-12-24)20(26)14-25-21(27)17-5-3-4-6-18(17)22(25)28/h3-4,7-8,13,17-18H,5-6,9-12,14H2,1-2H3/t17-,18-/m1/s1. The van der Waals surface area contributed by atoms with Gasteiger partial charge in [0.15, 0.2) is 0 Å². The lowest BCUT2D eigenvalue weighted by Crippen LogP contribution is -2.53. The largest absolute Gasteiger partial charge is 0.338 e. The first-order valence-corrected chi connectivity index (χ1v) is 12.0. The van der Waals surface area contributed by atoms with Crippen LogP contribution in [0.3, 0.4) is 0 Å². The summed E-state index contributed by atoms with van der Waals surface area (Å²) in [5.41, 5.74) is 1.56. The van der Waals surface area contributed by atoms with E-state index in [1.54, 1.807) is 19.1 Å². The number of amides is 3. The molecule has 2 saturated heterocycles. The Bertz CT molecular complexity index is 1030. The first-order chi connectivity index (χ1) is 14.7. The Balaban J connectivity index is 1.39. The van der Waals surface area contributed by atoms with E-state index in [1.807, 2.05) is 25.1 Å². The Morgan fingerprint density at radius 1 is 0.968 bits per heavy atom. The van der Waals surface area contributed by atoms with E-state index < -0.39 is 10.0 Å². The maximum atomic E-state index is 13.1. The average Bonchev–Trinajstić information content (AvgIpc) is 3.00. The average molecular weight is 446 g/mol. The van der Waals surface area contributed by atoms with Gasteiger partial charge in [0.25, 0.3) is 0 Å². The van der Waals surface area contributed by atoms with Crippen molar-refractivity contribution in [3.8, 4) is 0 Å². The molecule has 0 spiro atoms. The highest BCUT2D eigenvalue weighted by Crippen LogP contribution is 2.35. The molecule has 2 fully saturated rings. The molecule has 2 aliphatic heterocycles. The molecule has 1 aromatic carbocycles. The molecule has 9 heteroatoms. The molecule has 8 nitrogen and oxygen atoms in total. The maximum Gasteiger partial charge on any atom is 0.243 e. The number of fused-ring (bicyclic) bond motifs is 1. The number of carbonyl (C=O) groups excluding carboxylic acids is 3. The summed E-state index contributed by atoms with van der Waals surface area (Å²) in [7, 11) is -3.65. The molecule has 4 rings (SSSR count). The van der Waals surface area contributed by atoms with Crippen molar-refractivity contribution >= 4 is 27.7 Å². The van der Waals surface area contributed by atoms with E-state index in [9.17, 15) is 22.8 Å². The van der Waals surface area contributed by atoms with Gasteiger partial charge in [-0.15, -0.1) is 0 Å². The second-order valence-corrected chi connectivity index (χ2v) is 10.4. The Morgan fingerprint density at radius 3 is 2.13 bits per heavy atom. The molecule has 0 saturated carbocycles. The van der Waals surface area contributed by atoms with E-state index in [0.29, 0.717) is 18.4 Å². The van der Waals surface area contributed by atoms with Crippen molar-refractivity contribution in [3.63, 3.8) is 0 Å². The first-order valence-electron chi connectivity index (χ1n) is 10.6. The SMILES string of the molecule is Cc1ccc(C)c(S(=O)(=O)N2CCN(C(=O)CN3C(=O)[C@@H]4CC=CC[C@H]4C3=O)CC2)c1. The van der Waals surface area contributed by atoms with Crippen molar-refractivity contribution in [2.24, 2.45) is 11.8 Å². The van der Waals surface area contributed by atoms with Crippen LogP contribution in [0.5, 0.6) is 0 Å². The summed E-state index contributed by atoms with van der Waals surface area (Å²) in [5.74, 6) is -1.58. The number of rotatable bonds is 4. The molecule has 2 heterocycles. The van der Waals surface area contributed by atoms with Crippen LogP contribution in [0.4, 0.5) is 0 Å². The molecular formula is C22H27N3O5S. The Kier molecular flexibility index (Phi) is 5.74. The third kappa shape index (κ3) is 3.92. The molecule has 1 aromatic rings. The number of imide groups is 1. The number of carbonyl (C=O) groups is 3. The van der Waals surface area contributed by atoms with Gasteiger partial charge in [-0.3, -0.25) is 19.3 Å². The minimum absolute atomic E-state index is 0.179. The van der Waals surface area contributed by atoms with E-state index in [4.69, 9.17) is 0 Å². The predicted octanol–water partition coefficient (Wildman–Crippen LogP) is 1.09. The molecular weight excluding hydrogens is 418 g/mol. The topological polar surface area (TPSA) is 95.1 Å². The Morgan fingerprint density at radius 2 is 1.55 bits per heavy atom. The van der Waals surface area contributed by atoms with Gasteiger partial charge in [0.05, 0.1) is 16.7 Å². The summed E-state index contributed by atoms with van der Waals surface area (Å²) in [6.45, 7) is 4.16. The number of piperazine rings is 1. The number of hydrogen-bond acceptors (Lipinski definition) is 5. The molecule has 0 unspecified atom stereocenters. The van der Waals surface area contributed by atoms with Crippen LogP contribution < -0.4 is 0 Å². The number of likely N-dealkylation sites (tertiary alicyclic amines) is 1. The molecule has 0 aromatic heterocycles. The lowest BCUT2D eigenvalue weighted by Gasteiger charge is -2.35. The number of sulfonamides is 1. The number of allylic oxidation sites excluding steroid dienone is 2. The van der Waals surface area contributed by atoms with Gasteiger partial charge in [-0.1, -0.05) is 24.3 Å². The normalized spacial score (nSPS) is 24.6.